The molecule has 0 aromatic heterocycles. The number of anilines is 1. The van der Waals surface area contributed by atoms with Crippen molar-refractivity contribution in [2.45, 2.75) is 19.9 Å². The van der Waals surface area contributed by atoms with Crippen molar-refractivity contribution in [3.8, 4) is 0 Å². The van der Waals surface area contributed by atoms with E-state index in [2.05, 4.69) is 5.32 Å². The van der Waals surface area contributed by atoms with Gasteiger partial charge < -0.3 is 16.0 Å². The average Bonchev–Trinajstić information content (AvgIpc) is 2.64. The number of amides is 3. The molecule has 0 unspecified atom stereocenters. The highest BCUT2D eigenvalue weighted by Crippen LogP contribution is 2.12. The summed E-state index contributed by atoms with van der Waals surface area (Å²) in [6, 6.07) is 16.7. The van der Waals surface area contributed by atoms with Gasteiger partial charge in [-0.3, -0.25) is 14.4 Å². The van der Waals surface area contributed by atoms with E-state index in [1.807, 2.05) is 30.3 Å². The molecule has 0 atom stereocenters. The average molecular weight is 365 g/mol. The second-order valence-electron chi connectivity index (χ2n) is 6.10. The minimum Gasteiger partial charge on any atom is -0.370 e. The van der Waals surface area contributed by atoms with Crippen LogP contribution in [0.1, 0.15) is 24.5 Å². The molecule has 6 nitrogen and oxygen atoms in total. The van der Waals surface area contributed by atoms with Crippen molar-refractivity contribution in [2.24, 2.45) is 5.73 Å². The van der Waals surface area contributed by atoms with E-state index in [1.54, 1.807) is 35.2 Å². The Morgan fingerprint density at radius 3 is 2.30 bits per heavy atom. The molecule has 0 spiro atoms. The maximum Gasteiger partial charge on any atom is 0.246 e. The van der Waals surface area contributed by atoms with Gasteiger partial charge in [0.15, 0.2) is 0 Å². The Hall–Kier alpha value is -3.41. The molecule has 0 heterocycles. The highest BCUT2D eigenvalue weighted by Gasteiger charge is 2.12. The number of nitrogens with two attached hydrogens (primary N) is 1. The van der Waals surface area contributed by atoms with E-state index in [9.17, 15) is 14.4 Å². The van der Waals surface area contributed by atoms with Crippen LogP contribution in [0.5, 0.6) is 0 Å². The molecule has 0 aliphatic heterocycles. The Labute approximate surface area is 158 Å². The van der Waals surface area contributed by atoms with Gasteiger partial charge in [0.2, 0.25) is 17.7 Å². The van der Waals surface area contributed by atoms with Crippen LogP contribution in [0.2, 0.25) is 0 Å². The predicted octanol–water partition coefficient (Wildman–Crippen LogP) is 2.56. The molecule has 2 rings (SSSR count). The highest BCUT2D eigenvalue weighted by atomic mass is 16.2. The molecule has 3 amide bonds. The molecular formula is C21H23N3O3. The van der Waals surface area contributed by atoms with Gasteiger partial charge in [-0.05, 0) is 29.3 Å². The van der Waals surface area contributed by atoms with Crippen LogP contribution in [0.3, 0.4) is 0 Å². The summed E-state index contributed by atoms with van der Waals surface area (Å²) in [6.45, 7) is 2.10. The molecule has 2 aromatic carbocycles. The largest absolute Gasteiger partial charge is 0.370 e. The SMILES string of the molecule is CC(=O)Nc1ccc(/C=C/C(=O)N(CCC(N)=O)Cc2ccccc2)cc1. The normalized spacial score (nSPS) is 10.6. The number of hydrogen-bond donors (Lipinski definition) is 2. The molecule has 0 radical (unpaired) electrons. The summed E-state index contributed by atoms with van der Waals surface area (Å²) in [6.07, 6.45) is 3.28. The van der Waals surface area contributed by atoms with Gasteiger partial charge in [-0.1, -0.05) is 42.5 Å². The number of nitrogens with zero attached hydrogens (tertiary/aromatic N) is 1. The molecule has 0 saturated carbocycles. The van der Waals surface area contributed by atoms with Crippen LogP contribution in [-0.2, 0) is 20.9 Å². The number of carbonyl (C=O) groups excluding carboxylic acids is 3. The molecule has 6 heteroatoms. The topological polar surface area (TPSA) is 92.5 Å². The lowest BCUT2D eigenvalue weighted by molar-refractivity contribution is -0.127. The summed E-state index contributed by atoms with van der Waals surface area (Å²) in [4.78, 5) is 36.3. The van der Waals surface area contributed by atoms with Gasteiger partial charge in [0.25, 0.3) is 0 Å². The van der Waals surface area contributed by atoms with Crippen LogP contribution in [0, 0.1) is 0 Å². The zero-order valence-electron chi connectivity index (χ0n) is 15.2. The first-order valence-electron chi connectivity index (χ1n) is 8.61. The van der Waals surface area contributed by atoms with E-state index in [-0.39, 0.29) is 24.8 Å². The third kappa shape index (κ3) is 7.15. The van der Waals surface area contributed by atoms with Crippen molar-refractivity contribution in [1.82, 2.24) is 4.90 Å². The van der Waals surface area contributed by atoms with Crippen LogP contribution in [0.15, 0.2) is 60.7 Å². The van der Waals surface area contributed by atoms with Gasteiger partial charge >= 0.3 is 0 Å². The summed E-state index contributed by atoms with van der Waals surface area (Å²) in [5.74, 6) is -0.788. The number of rotatable bonds is 8. The third-order valence-corrected chi connectivity index (χ3v) is 3.81. The summed E-state index contributed by atoms with van der Waals surface area (Å²) in [5, 5.41) is 2.69. The highest BCUT2D eigenvalue weighted by molar-refractivity contribution is 5.92. The summed E-state index contributed by atoms with van der Waals surface area (Å²) in [7, 11) is 0. The molecule has 0 bridgehead atoms. The summed E-state index contributed by atoms with van der Waals surface area (Å²) < 4.78 is 0. The molecular weight excluding hydrogens is 342 g/mol. The second kappa shape index (κ2) is 9.91. The fourth-order valence-electron chi connectivity index (χ4n) is 2.47. The van der Waals surface area contributed by atoms with Gasteiger partial charge in [-0.2, -0.15) is 0 Å². The van der Waals surface area contributed by atoms with Gasteiger partial charge in [0.05, 0.1) is 0 Å². The molecule has 3 N–H and O–H groups in total. The fourth-order valence-corrected chi connectivity index (χ4v) is 2.47. The Morgan fingerprint density at radius 1 is 1.04 bits per heavy atom. The molecule has 2 aromatic rings. The lowest BCUT2D eigenvalue weighted by Crippen LogP contribution is -2.32. The first-order valence-corrected chi connectivity index (χ1v) is 8.61. The Balaban J connectivity index is 2.05. The van der Waals surface area contributed by atoms with Crippen LogP contribution in [-0.4, -0.2) is 29.2 Å². The van der Waals surface area contributed by atoms with Crippen LogP contribution >= 0.6 is 0 Å². The minimum atomic E-state index is -0.446. The van der Waals surface area contributed by atoms with E-state index < -0.39 is 5.91 Å². The Bertz CT molecular complexity index is 814. The van der Waals surface area contributed by atoms with E-state index in [4.69, 9.17) is 5.73 Å². The van der Waals surface area contributed by atoms with Crippen molar-refractivity contribution in [2.75, 3.05) is 11.9 Å². The first-order chi connectivity index (χ1) is 12.9. The Morgan fingerprint density at radius 2 is 1.70 bits per heavy atom. The van der Waals surface area contributed by atoms with Crippen molar-refractivity contribution < 1.29 is 14.4 Å². The molecule has 0 aliphatic carbocycles. The maximum atomic E-state index is 12.6. The molecule has 0 aliphatic rings. The smallest absolute Gasteiger partial charge is 0.246 e. The monoisotopic (exact) mass is 365 g/mol. The molecule has 0 saturated heterocycles. The van der Waals surface area contributed by atoms with Crippen molar-refractivity contribution >= 4 is 29.5 Å². The van der Waals surface area contributed by atoms with Crippen LogP contribution in [0.25, 0.3) is 6.08 Å². The molecule has 140 valence electrons. The zero-order valence-corrected chi connectivity index (χ0v) is 15.2. The van der Waals surface area contributed by atoms with E-state index >= 15 is 0 Å². The lowest BCUT2D eigenvalue weighted by Gasteiger charge is -2.20. The fraction of sp³-hybridized carbons (Fsp3) is 0.190. The quantitative estimate of drug-likeness (QED) is 0.704. The molecule has 27 heavy (non-hydrogen) atoms. The first kappa shape index (κ1) is 19.9. The lowest BCUT2D eigenvalue weighted by atomic mass is 10.1. The second-order valence-corrected chi connectivity index (χ2v) is 6.10. The number of benzene rings is 2. The number of carbonyl (C=O) groups is 3. The zero-order chi connectivity index (χ0) is 19.6. The summed E-state index contributed by atoms with van der Waals surface area (Å²) in [5.41, 5.74) is 7.72. The van der Waals surface area contributed by atoms with Crippen LogP contribution in [0.4, 0.5) is 5.69 Å². The molecule has 0 fully saturated rings. The van der Waals surface area contributed by atoms with Gasteiger partial charge in [0.1, 0.15) is 0 Å². The van der Waals surface area contributed by atoms with E-state index in [0.717, 1.165) is 11.1 Å². The standard InChI is InChI=1S/C21H23N3O3/c1-16(25)23-19-10-7-17(8-11-19)9-12-21(27)24(14-13-20(22)26)15-18-5-3-2-4-6-18/h2-12H,13-15H2,1H3,(H2,22,26)(H,23,25)/b12-9+. The van der Waals surface area contributed by atoms with Gasteiger partial charge in [0, 0.05) is 38.2 Å². The van der Waals surface area contributed by atoms with Crippen LogP contribution < -0.4 is 11.1 Å². The van der Waals surface area contributed by atoms with Gasteiger partial charge in [-0.25, -0.2) is 0 Å². The number of primary amides is 1. The van der Waals surface area contributed by atoms with Crippen molar-refractivity contribution in [1.29, 1.82) is 0 Å². The van der Waals surface area contributed by atoms with E-state index in [1.165, 1.54) is 13.0 Å². The van der Waals surface area contributed by atoms with Crippen molar-refractivity contribution in [3.05, 3.63) is 71.8 Å². The number of hydrogen-bond acceptors (Lipinski definition) is 3. The predicted molar refractivity (Wildman–Crippen MR) is 105 cm³/mol. The number of nitrogens with one attached hydrogen (secondary N) is 1. The minimum absolute atomic E-state index is 0.109. The van der Waals surface area contributed by atoms with E-state index in [0.29, 0.717) is 12.2 Å². The van der Waals surface area contributed by atoms with Gasteiger partial charge in [-0.15, -0.1) is 0 Å². The Kier molecular flexibility index (Phi) is 7.31. The van der Waals surface area contributed by atoms with Crippen molar-refractivity contribution in [3.63, 3.8) is 0 Å². The third-order valence-electron chi connectivity index (χ3n) is 3.81. The summed E-state index contributed by atoms with van der Waals surface area (Å²) >= 11 is 0. The maximum absolute atomic E-state index is 12.6.